The first kappa shape index (κ1) is 14.6. The second-order valence-electron chi connectivity index (χ2n) is 5.58. The molecule has 22 heavy (non-hydrogen) atoms. The molecular weight excluding hydrogens is 280 g/mol. The Balaban J connectivity index is 1.54. The first-order valence-electron chi connectivity index (χ1n) is 7.73. The van der Waals surface area contributed by atoms with Crippen molar-refractivity contribution in [3.05, 3.63) is 30.1 Å². The normalized spacial score (nSPS) is 15.8. The lowest BCUT2D eigenvalue weighted by atomic mass is 10.2. The number of nitrogens with zero attached hydrogens (tertiary/aromatic N) is 2. The average Bonchev–Trinajstić information content (AvgIpc) is 2.90. The Morgan fingerprint density at radius 2 is 2.23 bits per heavy atom. The minimum absolute atomic E-state index is 0.126. The van der Waals surface area contributed by atoms with E-state index in [9.17, 15) is 9.59 Å². The molecule has 0 spiro atoms. The number of hydrogen-bond acceptors (Lipinski definition) is 3. The smallest absolute Gasteiger partial charge is 0.251 e. The van der Waals surface area contributed by atoms with E-state index in [4.69, 9.17) is 0 Å². The standard InChI is InChI=1S/C16H20N4O2/c21-15-4-2-1-3-8-20(15)9-7-17-16(22)12-5-6-13-14(10-12)19-11-18-13/h5-6,10-11H,1-4,7-9H2,(H,17,22)(H,18,19). The molecule has 0 bridgehead atoms. The van der Waals surface area contributed by atoms with Crippen LogP contribution in [0.15, 0.2) is 24.5 Å². The van der Waals surface area contributed by atoms with Gasteiger partial charge in [-0.1, -0.05) is 6.42 Å². The molecule has 1 aromatic heterocycles. The summed E-state index contributed by atoms with van der Waals surface area (Å²) in [7, 11) is 0. The number of amides is 2. The van der Waals surface area contributed by atoms with Gasteiger partial charge in [0.25, 0.3) is 5.91 Å². The Morgan fingerprint density at radius 1 is 1.32 bits per heavy atom. The summed E-state index contributed by atoms with van der Waals surface area (Å²) in [6.07, 6.45) is 5.38. The summed E-state index contributed by atoms with van der Waals surface area (Å²) in [6, 6.07) is 5.36. The highest BCUT2D eigenvalue weighted by molar-refractivity contribution is 5.97. The van der Waals surface area contributed by atoms with Crippen LogP contribution in [0.3, 0.4) is 0 Å². The van der Waals surface area contributed by atoms with Crippen LogP contribution >= 0.6 is 0 Å². The van der Waals surface area contributed by atoms with Crippen molar-refractivity contribution in [2.75, 3.05) is 19.6 Å². The van der Waals surface area contributed by atoms with Crippen LogP contribution in [-0.4, -0.2) is 46.3 Å². The van der Waals surface area contributed by atoms with Gasteiger partial charge < -0.3 is 15.2 Å². The molecule has 1 saturated heterocycles. The lowest BCUT2D eigenvalue weighted by Gasteiger charge is -2.20. The Hall–Kier alpha value is -2.37. The van der Waals surface area contributed by atoms with Gasteiger partial charge in [0, 0.05) is 31.6 Å². The highest BCUT2D eigenvalue weighted by Crippen LogP contribution is 2.12. The van der Waals surface area contributed by atoms with Crippen molar-refractivity contribution in [3.63, 3.8) is 0 Å². The number of aromatic amines is 1. The quantitative estimate of drug-likeness (QED) is 0.902. The molecule has 2 heterocycles. The highest BCUT2D eigenvalue weighted by atomic mass is 16.2. The fourth-order valence-corrected chi connectivity index (χ4v) is 2.76. The van der Waals surface area contributed by atoms with Crippen LogP contribution in [0.4, 0.5) is 0 Å². The number of carbonyl (C=O) groups is 2. The molecule has 2 N–H and O–H groups in total. The van der Waals surface area contributed by atoms with Crippen LogP contribution in [0, 0.1) is 0 Å². The van der Waals surface area contributed by atoms with Crippen molar-refractivity contribution >= 4 is 22.8 Å². The molecule has 3 rings (SSSR count). The number of imidazole rings is 1. The molecule has 6 heteroatoms. The Kier molecular flexibility index (Phi) is 4.37. The second-order valence-corrected chi connectivity index (χ2v) is 5.58. The van der Waals surface area contributed by atoms with Gasteiger partial charge in [-0.2, -0.15) is 0 Å². The van der Waals surface area contributed by atoms with E-state index in [0.29, 0.717) is 25.1 Å². The molecule has 0 saturated carbocycles. The van der Waals surface area contributed by atoms with Crippen LogP contribution in [0.5, 0.6) is 0 Å². The summed E-state index contributed by atoms with van der Waals surface area (Å²) in [5.74, 6) is 0.0735. The van der Waals surface area contributed by atoms with Gasteiger partial charge in [-0.15, -0.1) is 0 Å². The third kappa shape index (κ3) is 3.27. The maximum absolute atomic E-state index is 12.2. The number of likely N-dealkylation sites (tertiary alicyclic amines) is 1. The summed E-state index contributed by atoms with van der Waals surface area (Å²) >= 11 is 0. The van der Waals surface area contributed by atoms with Crippen LogP contribution in [0.25, 0.3) is 11.0 Å². The first-order valence-corrected chi connectivity index (χ1v) is 7.73. The van der Waals surface area contributed by atoms with E-state index in [0.717, 1.165) is 36.8 Å². The monoisotopic (exact) mass is 300 g/mol. The zero-order chi connectivity index (χ0) is 15.4. The summed E-state index contributed by atoms with van der Waals surface area (Å²) < 4.78 is 0. The third-order valence-electron chi connectivity index (χ3n) is 4.02. The number of carbonyl (C=O) groups excluding carboxylic acids is 2. The van der Waals surface area contributed by atoms with Crippen LogP contribution < -0.4 is 5.32 Å². The lowest BCUT2D eigenvalue weighted by molar-refractivity contribution is -0.130. The Labute approximate surface area is 128 Å². The van der Waals surface area contributed by atoms with Gasteiger partial charge in [0.15, 0.2) is 0 Å². The van der Waals surface area contributed by atoms with E-state index in [-0.39, 0.29) is 11.8 Å². The number of hydrogen-bond donors (Lipinski definition) is 2. The van der Waals surface area contributed by atoms with Gasteiger partial charge in [-0.05, 0) is 31.0 Å². The van der Waals surface area contributed by atoms with E-state index in [1.54, 1.807) is 18.5 Å². The van der Waals surface area contributed by atoms with Gasteiger partial charge in [-0.25, -0.2) is 4.98 Å². The zero-order valence-corrected chi connectivity index (χ0v) is 12.5. The third-order valence-corrected chi connectivity index (χ3v) is 4.02. The SMILES string of the molecule is O=C(NCCN1CCCCCC1=O)c1ccc2nc[nH]c2c1. The van der Waals surface area contributed by atoms with Gasteiger partial charge >= 0.3 is 0 Å². The van der Waals surface area contributed by atoms with Gasteiger partial charge in [-0.3, -0.25) is 9.59 Å². The molecule has 1 aliphatic rings. The van der Waals surface area contributed by atoms with Crippen molar-refractivity contribution in [1.29, 1.82) is 0 Å². The number of aromatic nitrogens is 2. The van der Waals surface area contributed by atoms with E-state index in [2.05, 4.69) is 15.3 Å². The van der Waals surface area contributed by atoms with Gasteiger partial charge in [0.2, 0.25) is 5.91 Å². The maximum atomic E-state index is 12.2. The topological polar surface area (TPSA) is 78.1 Å². The predicted molar refractivity (Wildman–Crippen MR) is 83.5 cm³/mol. The Bertz CT molecular complexity index is 680. The average molecular weight is 300 g/mol. The minimum Gasteiger partial charge on any atom is -0.350 e. The molecule has 0 unspecified atom stereocenters. The molecule has 0 atom stereocenters. The second kappa shape index (κ2) is 6.60. The molecule has 1 aliphatic heterocycles. The van der Waals surface area contributed by atoms with Crippen molar-refractivity contribution in [1.82, 2.24) is 20.2 Å². The predicted octanol–water partition coefficient (Wildman–Crippen LogP) is 1.70. The van der Waals surface area contributed by atoms with Gasteiger partial charge in [0.1, 0.15) is 0 Å². The van der Waals surface area contributed by atoms with Crippen molar-refractivity contribution in [2.45, 2.75) is 25.7 Å². The number of H-pyrrole nitrogens is 1. The summed E-state index contributed by atoms with van der Waals surface area (Å²) in [4.78, 5) is 33.0. The van der Waals surface area contributed by atoms with Crippen LogP contribution in [-0.2, 0) is 4.79 Å². The summed E-state index contributed by atoms with van der Waals surface area (Å²) in [5, 5.41) is 2.88. The van der Waals surface area contributed by atoms with E-state index in [1.807, 2.05) is 11.0 Å². The zero-order valence-electron chi connectivity index (χ0n) is 12.5. The molecular formula is C16H20N4O2. The van der Waals surface area contributed by atoms with E-state index >= 15 is 0 Å². The molecule has 0 aliphatic carbocycles. The maximum Gasteiger partial charge on any atom is 0.251 e. The van der Waals surface area contributed by atoms with E-state index in [1.165, 1.54) is 0 Å². The Morgan fingerprint density at radius 3 is 3.14 bits per heavy atom. The van der Waals surface area contributed by atoms with Crippen LogP contribution in [0.1, 0.15) is 36.0 Å². The molecule has 1 aromatic carbocycles. The first-order chi connectivity index (χ1) is 10.7. The highest BCUT2D eigenvalue weighted by Gasteiger charge is 2.16. The van der Waals surface area contributed by atoms with Crippen molar-refractivity contribution in [3.8, 4) is 0 Å². The number of benzene rings is 1. The lowest BCUT2D eigenvalue weighted by Crippen LogP contribution is -2.38. The number of nitrogens with one attached hydrogen (secondary N) is 2. The number of rotatable bonds is 4. The minimum atomic E-state index is -0.126. The molecule has 2 amide bonds. The van der Waals surface area contributed by atoms with Crippen molar-refractivity contribution < 1.29 is 9.59 Å². The summed E-state index contributed by atoms with van der Waals surface area (Å²) in [6.45, 7) is 1.86. The van der Waals surface area contributed by atoms with Crippen LogP contribution in [0.2, 0.25) is 0 Å². The largest absolute Gasteiger partial charge is 0.350 e. The molecule has 1 fully saturated rings. The fraction of sp³-hybridized carbons (Fsp3) is 0.438. The molecule has 2 aromatic rings. The molecule has 0 radical (unpaired) electrons. The van der Waals surface area contributed by atoms with Gasteiger partial charge in [0.05, 0.1) is 17.4 Å². The van der Waals surface area contributed by atoms with Crippen molar-refractivity contribution in [2.24, 2.45) is 0 Å². The summed E-state index contributed by atoms with van der Waals surface area (Å²) in [5.41, 5.74) is 2.28. The molecule has 6 nitrogen and oxygen atoms in total. The number of fused-ring (bicyclic) bond motifs is 1. The fourth-order valence-electron chi connectivity index (χ4n) is 2.76. The van der Waals surface area contributed by atoms with E-state index < -0.39 is 0 Å². The molecule has 116 valence electrons.